The molecule has 0 saturated heterocycles. The molecule has 122 valence electrons. The maximum Gasteiger partial charge on any atom is 0.325 e. The van der Waals surface area contributed by atoms with Gasteiger partial charge in [-0.3, -0.25) is 9.69 Å². The van der Waals surface area contributed by atoms with Crippen molar-refractivity contribution in [1.29, 1.82) is 0 Å². The number of ether oxygens (including phenoxy) is 1. The fourth-order valence-electron chi connectivity index (χ4n) is 2.13. The van der Waals surface area contributed by atoms with Gasteiger partial charge in [-0.05, 0) is 46.3 Å². The summed E-state index contributed by atoms with van der Waals surface area (Å²) >= 11 is 3.37. The summed E-state index contributed by atoms with van der Waals surface area (Å²) in [6.07, 6.45) is 0. The third-order valence-corrected chi connectivity index (χ3v) is 4.05. The highest BCUT2D eigenvalue weighted by Gasteiger charge is 2.20. The van der Waals surface area contributed by atoms with Crippen LogP contribution in [0.4, 0.5) is 6.01 Å². The summed E-state index contributed by atoms with van der Waals surface area (Å²) in [5.41, 5.74) is 1.27. The second-order valence-corrected chi connectivity index (χ2v) is 5.82. The number of hydrogen-bond acceptors (Lipinski definition) is 5. The Morgan fingerprint density at radius 1 is 1.17 bits per heavy atom. The van der Waals surface area contributed by atoms with Crippen molar-refractivity contribution < 1.29 is 13.9 Å². The lowest BCUT2D eigenvalue weighted by Gasteiger charge is -2.13. The van der Waals surface area contributed by atoms with Crippen molar-refractivity contribution >= 4 is 27.9 Å². The maximum atomic E-state index is 12.6. The molecule has 0 N–H and O–H groups in total. The summed E-state index contributed by atoms with van der Waals surface area (Å²) < 4.78 is 11.5. The van der Waals surface area contributed by atoms with Crippen LogP contribution in [0.15, 0.2) is 57.4 Å². The van der Waals surface area contributed by atoms with Gasteiger partial charge in [-0.15, -0.1) is 5.10 Å². The van der Waals surface area contributed by atoms with Crippen molar-refractivity contribution in [2.45, 2.75) is 0 Å². The molecule has 0 unspecified atom stereocenters. The SMILES string of the molecule is COc1ccc(C(=O)N(C)c2nnc(-c3ccccc3)o2)cc1Br. The minimum absolute atomic E-state index is 0.130. The number of rotatable bonds is 4. The fourth-order valence-corrected chi connectivity index (χ4v) is 2.67. The lowest BCUT2D eigenvalue weighted by atomic mass is 10.2. The summed E-state index contributed by atoms with van der Waals surface area (Å²) in [5, 5.41) is 7.94. The Hall–Kier alpha value is -2.67. The molecule has 0 fully saturated rings. The van der Waals surface area contributed by atoms with Crippen LogP contribution in [0.2, 0.25) is 0 Å². The van der Waals surface area contributed by atoms with Crippen molar-refractivity contribution in [3.8, 4) is 17.2 Å². The molecule has 6 nitrogen and oxygen atoms in total. The van der Waals surface area contributed by atoms with Crippen LogP contribution in [0, 0.1) is 0 Å². The first-order valence-corrected chi connectivity index (χ1v) is 7.90. The Labute approximate surface area is 147 Å². The van der Waals surface area contributed by atoms with E-state index in [1.54, 1.807) is 32.4 Å². The number of benzene rings is 2. The number of carbonyl (C=O) groups excluding carboxylic acids is 1. The molecule has 3 rings (SSSR count). The van der Waals surface area contributed by atoms with Crippen molar-refractivity contribution in [3.05, 3.63) is 58.6 Å². The normalized spacial score (nSPS) is 10.5. The minimum Gasteiger partial charge on any atom is -0.496 e. The molecule has 0 aliphatic rings. The molecule has 1 aromatic heterocycles. The zero-order valence-corrected chi connectivity index (χ0v) is 14.6. The Balaban J connectivity index is 1.84. The van der Waals surface area contributed by atoms with Crippen LogP contribution in [-0.2, 0) is 0 Å². The Bertz CT molecular complexity index is 865. The molecule has 1 heterocycles. The average molecular weight is 388 g/mol. The van der Waals surface area contributed by atoms with Crippen LogP contribution in [0.25, 0.3) is 11.5 Å². The van der Waals surface area contributed by atoms with Gasteiger partial charge >= 0.3 is 6.01 Å². The second kappa shape index (κ2) is 6.84. The Morgan fingerprint density at radius 2 is 1.92 bits per heavy atom. The largest absolute Gasteiger partial charge is 0.496 e. The summed E-state index contributed by atoms with van der Waals surface area (Å²) in [6, 6.07) is 14.6. The van der Waals surface area contributed by atoms with Crippen LogP contribution in [0.3, 0.4) is 0 Å². The molecule has 0 spiro atoms. The molecule has 0 saturated carbocycles. The van der Waals surface area contributed by atoms with Gasteiger partial charge in [0.2, 0.25) is 5.89 Å². The standard InChI is InChI=1S/C17H14BrN3O3/c1-21(16(22)12-8-9-14(23-2)13(18)10-12)17-20-19-15(24-17)11-6-4-3-5-7-11/h3-10H,1-2H3. The van der Waals surface area contributed by atoms with Crippen molar-refractivity contribution in [2.75, 3.05) is 19.1 Å². The predicted octanol–water partition coefficient (Wildman–Crippen LogP) is 3.78. The molecule has 0 atom stereocenters. The van der Waals surface area contributed by atoms with Gasteiger partial charge in [0.25, 0.3) is 5.91 Å². The highest BCUT2D eigenvalue weighted by atomic mass is 79.9. The van der Waals surface area contributed by atoms with E-state index < -0.39 is 0 Å². The minimum atomic E-state index is -0.262. The van der Waals surface area contributed by atoms with E-state index in [1.165, 1.54) is 4.90 Å². The van der Waals surface area contributed by atoms with Crippen LogP contribution in [0.1, 0.15) is 10.4 Å². The molecule has 0 radical (unpaired) electrons. The van der Waals surface area contributed by atoms with Gasteiger partial charge in [0.15, 0.2) is 0 Å². The van der Waals surface area contributed by atoms with E-state index in [0.29, 0.717) is 21.7 Å². The number of hydrogen-bond donors (Lipinski definition) is 0. The zero-order chi connectivity index (χ0) is 17.1. The molecule has 2 aromatic carbocycles. The van der Waals surface area contributed by atoms with Gasteiger partial charge in [-0.2, -0.15) is 0 Å². The Kier molecular flexibility index (Phi) is 4.61. The van der Waals surface area contributed by atoms with E-state index >= 15 is 0 Å². The molecule has 0 bridgehead atoms. The third kappa shape index (κ3) is 3.16. The van der Waals surface area contributed by atoms with E-state index in [9.17, 15) is 4.79 Å². The van der Waals surface area contributed by atoms with Crippen LogP contribution < -0.4 is 9.64 Å². The predicted molar refractivity (Wildman–Crippen MR) is 93.2 cm³/mol. The zero-order valence-electron chi connectivity index (χ0n) is 13.1. The van der Waals surface area contributed by atoms with Crippen LogP contribution >= 0.6 is 15.9 Å². The molecule has 24 heavy (non-hydrogen) atoms. The number of amides is 1. The summed E-state index contributed by atoms with van der Waals surface area (Å²) in [5.74, 6) is 0.751. The molecule has 1 amide bonds. The molecule has 0 aliphatic carbocycles. The van der Waals surface area contributed by atoms with Gasteiger partial charge < -0.3 is 9.15 Å². The number of carbonyl (C=O) groups is 1. The first kappa shape index (κ1) is 16.2. The first-order valence-electron chi connectivity index (χ1n) is 7.10. The fraction of sp³-hybridized carbons (Fsp3) is 0.118. The van der Waals surface area contributed by atoms with Crippen LogP contribution in [0.5, 0.6) is 5.75 Å². The molecule has 0 aliphatic heterocycles. The average Bonchev–Trinajstić information content (AvgIpc) is 3.11. The summed E-state index contributed by atoms with van der Waals surface area (Å²) in [7, 11) is 3.15. The smallest absolute Gasteiger partial charge is 0.325 e. The first-order chi connectivity index (χ1) is 11.6. The number of nitrogens with zero attached hydrogens (tertiary/aromatic N) is 3. The highest BCUT2D eigenvalue weighted by molar-refractivity contribution is 9.10. The van der Waals surface area contributed by atoms with Crippen molar-refractivity contribution in [2.24, 2.45) is 0 Å². The second-order valence-electron chi connectivity index (χ2n) is 4.97. The summed E-state index contributed by atoms with van der Waals surface area (Å²) in [6.45, 7) is 0. The van der Waals surface area contributed by atoms with Crippen LogP contribution in [-0.4, -0.2) is 30.3 Å². The van der Waals surface area contributed by atoms with E-state index in [0.717, 1.165) is 5.56 Å². The van der Waals surface area contributed by atoms with E-state index in [4.69, 9.17) is 9.15 Å². The lowest BCUT2D eigenvalue weighted by Crippen LogP contribution is -2.26. The Morgan fingerprint density at radius 3 is 2.58 bits per heavy atom. The number of aromatic nitrogens is 2. The van der Waals surface area contributed by atoms with E-state index in [2.05, 4.69) is 26.1 Å². The molecule has 3 aromatic rings. The van der Waals surface area contributed by atoms with Gasteiger partial charge in [-0.25, -0.2) is 0 Å². The monoisotopic (exact) mass is 387 g/mol. The quantitative estimate of drug-likeness (QED) is 0.681. The van der Waals surface area contributed by atoms with Crippen molar-refractivity contribution in [3.63, 3.8) is 0 Å². The summed E-state index contributed by atoms with van der Waals surface area (Å²) in [4.78, 5) is 13.9. The molecular formula is C17H14BrN3O3. The van der Waals surface area contributed by atoms with E-state index in [1.807, 2.05) is 30.3 Å². The van der Waals surface area contributed by atoms with Gasteiger partial charge in [-0.1, -0.05) is 23.3 Å². The molecular weight excluding hydrogens is 374 g/mol. The number of methoxy groups -OCH3 is 1. The highest BCUT2D eigenvalue weighted by Crippen LogP contribution is 2.27. The van der Waals surface area contributed by atoms with Gasteiger partial charge in [0.1, 0.15) is 5.75 Å². The topological polar surface area (TPSA) is 68.5 Å². The third-order valence-electron chi connectivity index (χ3n) is 3.43. The number of halogens is 1. The lowest BCUT2D eigenvalue weighted by molar-refractivity contribution is 0.0988. The van der Waals surface area contributed by atoms with E-state index in [-0.39, 0.29) is 11.9 Å². The van der Waals surface area contributed by atoms with Crippen molar-refractivity contribution in [1.82, 2.24) is 10.2 Å². The molecule has 7 heteroatoms. The maximum absolute atomic E-state index is 12.6. The van der Waals surface area contributed by atoms with Gasteiger partial charge in [0.05, 0.1) is 11.6 Å². The number of anilines is 1. The van der Waals surface area contributed by atoms with Gasteiger partial charge in [0, 0.05) is 18.2 Å².